The fraction of sp³-hybridized carbons (Fsp3) is 0.533. The molecule has 18 heavy (non-hydrogen) atoms. The van der Waals surface area contributed by atoms with Crippen molar-refractivity contribution in [3.8, 4) is 0 Å². The minimum absolute atomic E-state index is 0.0479. The SMILES string of the molecule is CCc1cc(C)cc(CC)c1N1CC(Cl)CC1=O. The molecule has 1 aliphatic heterocycles. The van der Waals surface area contributed by atoms with E-state index in [4.69, 9.17) is 11.6 Å². The second-order valence-electron chi connectivity index (χ2n) is 4.94. The van der Waals surface area contributed by atoms with E-state index in [1.54, 1.807) is 0 Å². The molecule has 0 saturated carbocycles. The molecule has 1 unspecified atom stereocenters. The molecule has 1 aromatic rings. The summed E-state index contributed by atoms with van der Waals surface area (Å²) in [6.45, 7) is 7.02. The van der Waals surface area contributed by atoms with Crippen molar-refractivity contribution in [3.05, 3.63) is 28.8 Å². The van der Waals surface area contributed by atoms with Crippen LogP contribution in [0, 0.1) is 6.92 Å². The highest BCUT2D eigenvalue weighted by Gasteiger charge is 2.31. The van der Waals surface area contributed by atoms with Crippen LogP contribution in [0.2, 0.25) is 0 Å². The van der Waals surface area contributed by atoms with E-state index in [0.717, 1.165) is 18.5 Å². The molecule has 0 bridgehead atoms. The van der Waals surface area contributed by atoms with Crippen molar-refractivity contribution >= 4 is 23.2 Å². The number of benzene rings is 1. The smallest absolute Gasteiger partial charge is 0.228 e. The summed E-state index contributed by atoms with van der Waals surface area (Å²) in [6, 6.07) is 4.37. The summed E-state index contributed by atoms with van der Waals surface area (Å²) in [5.74, 6) is 0.156. The van der Waals surface area contributed by atoms with Crippen LogP contribution in [-0.2, 0) is 17.6 Å². The van der Waals surface area contributed by atoms with Crippen LogP contribution < -0.4 is 4.90 Å². The number of amides is 1. The Morgan fingerprint density at radius 3 is 2.22 bits per heavy atom. The van der Waals surface area contributed by atoms with Gasteiger partial charge < -0.3 is 4.90 Å². The van der Waals surface area contributed by atoms with E-state index in [9.17, 15) is 4.79 Å². The molecule has 1 aromatic carbocycles. The molecule has 2 rings (SSSR count). The summed E-state index contributed by atoms with van der Waals surface area (Å²) in [7, 11) is 0. The summed E-state index contributed by atoms with van der Waals surface area (Å²) in [5.41, 5.74) is 4.89. The van der Waals surface area contributed by atoms with Crippen molar-refractivity contribution < 1.29 is 4.79 Å². The van der Waals surface area contributed by atoms with Gasteiger partial charge in [-0.25, -0.2) is 0 Å². The van der Waals surface area contributed by atoms with E-state index >= 15 is 0 Å². The predicted molar refractivity (Wildman–Crippen MR) is 76.5 cm³/mol. The normalized spacial score (nSPS) is 19.7. The van der Waals surface area contributed by atoms with Crippen molar-refractivity contribution in [2.24, 2.45) is 0 Å². The topological polar surface area (TPSA) is 20.3 Å². The Bertz CT molecular complexity index is 445. The Kier molecular flexibility index (Phi) is 3.96. The number of alkyl halides is 1. The van der Waals surface area contributed by atoms with Crippen molar-refractivity contribution in [2.45, 2.75) is 45.4 Å². The molecule has 98 valence electrons. The van der Waals surface area contributed by atoms with Crippen LogP contribution in [0.3, 0.4) is 0 Å². The van der Waals surface area contributed by atoms with Crippen molar-refractivity contribution in [2.75, 3.05) is 11.4 Å². The number of carbonyl (C=O) groups excluding carboxylic acids is 1. The summed E-state index contributed by atoms with van der Waals surface area (Å²) in [6.07, 6.45) is 2.35. The summed E-state index contributed by atoms with van der Waals surface area (Å²) >= 11 is 6.11. The lowest BCUT2D eigenvalue weighted by molar-refractivity contribution is -0.117. The maximum atomic E-state index is 12.0. The molecule has 1 atom stereocenters. The second-order valence-corrected chi connectivity index (χ2v) is 5.56. The quantitative estimate of drug-likeness (QED) is 0.767. The number of hydrogen-bond acceptors (Lipinski definition) is 1. The molecular formula is C15H20ClNO. The van der Waals surface area contributed by atoms with Gasteiger partial charge in [-0.05, 0) is 30.9 Å². The maximum absolute atomic E-state index is 12.0. The monoisotopic (exact) mass is 265 g/mol. The Labute approximate surface area is 114 Å². The number of carbonyl (C=O) groups is 1. The van der Waals surface area contributed by atoms with Crippen LogP contribution in [0.15, 0.2) is 12.1 Å². The first-order chi connectivity index (χ1) is 8.56. The van der Waals surface area contributed by atoms with Crippen LogP contribution in [0.1, 0.15) is 37.0 Å². The average molecular weight is 266 g/mol. The fourth-order valence-electron chi connectivity index (χ4n) is 2.70. The third-order valence-electron chi connectivity index (χ3n) is 3.52. The van der Waals surface area contributed by atoms with Gasteiger partial charge in [0.15, 0.2) is 0 Å². The third kappa shape index (κ3) is 2.39. The maximum Gasteiger partial charge on any atom is 0.228 e. The highest BCUT2D eigenvalue weighted by Crippen LogP contribution is 2.32. The molecule has 0 aromatic heterocycles. The lowest BCUT2D eigenvalue weighted by Crippen LogP contribution is -2.27. The molecule has 0 spiro atoms. The van der Waals surface area contributed by atoms with Crippen LogP contribution in [0.4, 0.5) is 5.69 Å². The number of nitrogens with zero attached hydrogens (tertiary/aromatic N) is 1. The van der Waals surface area contributed by atoms with Gasteiger partial charge in [-0.1, -0.05) is 31.5 Å². The lowest BCUT2D eigenvalue weighted by Gasteiger charge is -2.23. The van der Waals surface area contributed by atoms with Crippen molar-refractivity contribution in [1.29, 1.82) is 0 Å². The average Bonchev–Trinajstić information content (AvgIpc) is 2.66. The molecular weight excluding hydrogens is 246 g/mol. The first-order valence-electron chi connectivity index (χ1n) is 6.63. The summed E-state index contributed by atoms with van der Waals surface area (Å²) < 4.78 is 0. The predicted octanol–water partition coefficient (Wildman–Crippen LogP) is 3.46. The van der Waals surface area contributed by atoms with E-state index in [1.807, 2.05) is 4.90 Å². The molecule has 1 aliphatic rings. The van der Waals surface area contributed by atoms with Crippen molar-refractivity contribution in [3.63, 3.8) is 0 Å². The zero-order valence-corrected chi connectivity index (χ0v) is 12.0. The van der Waals surface area contributed by atoms with Gasteiger partial charge >= 0.3 is 0 Å². The Hall–Kier alpha value is -1.02. The standard InChI is InChI=1S/C15H20ClNO/c1-4-11-6-10(3)7-12(5-2)15(11)17-9-13(16)8-14(17)18/h6-7,13H,4-5,8-9H2,1-3H3. The van der Waals surface area contributed by atoms with Crippen LogP contribution in [0.5, 0.6) is 0 Å². The molecule has 0 radical (unpaired) electrons. The van der Waals surface area contributed by atoms with Gasteiger partial charge in [0.25, 0.3) is 0 Å². The minimum Gasteiger partial charge on any atom is -0.310 e. The van der Waals surface area contributed by atoms with E-state index in [2.05, 4.69) is 32.9 Å². The van der Waals surface area contributed by atoms with Gasteiger partial charge in [0.1, 0.15) is 0 Å². The molecule has 0 aliphatic carbocycles. The molecule has 1 amide bonds. The van der Waals surface area contributed by atoms with Gasteiger partial charge in [0.05, 0.1) is 11.1 Å². The molecule has 2 nitrogen and oxygen atoms in total. The fourth-order valence-corrected chi connectivity index (χ4v) is 2.97. The molecule has 0 N–H and O–H groups in total. The number of aryl methyl sites for hydroxylation is 3. The van der Waals surface area contributed by atoms with Crippen molar-refractivity contribution in [1.82, 2.24) is 0 Å². The number of halogens is 1. The van der Waals surface area contributed by atoms with E-state index in [-0.39, 0.29) is 11.3 Å². The molecule has 1 saturated heterocycles. The van der Waals surface area contributed by atoms with Gasteiger partial charge in [-0.3, -0.25) is 4.79 Å². The Morgan fingerprint density at radius 2 is 1.83 bits per heavy atom. The first-order valence-corrected chi connectivity index (χ1v) is 7.07. The van der Waals surface area contributed by atoms with Crippen LogP contribution >= 0.6 is 11.6 Å². The largest absolute Gasteiger partial charge is 0.310 e. The number of rotatable bonds is 3. The van der Waals surface area contributed by atoms with E-state index < -0.39 is 0 Å². The first kappa shape index (κ1) is 13.4. The highest BCUT2D eigenvalue weighted by atomic mass is 35.5. The Morgan fingerprint density at radius 1 is 1.28 bits per heavy atom. The summed E-state index contributed by atoms with van der Waals surface area (Å²) in [5, 5.41) is -0.0479. The van der Waals surface area contributed by atoms with Crippen LogP contribution in [-0.4, -0.2) is 17.8 Å². The van der Waals surface area contributed by atoms with Gasteiger partial charge in [-0.2, -0.15) is 0 Å². The van der Waals surface area contributed by atoms with Crippen LogP contribution in [0.25, 0.3) is 0 Å². The molecule has 3 heteroatoms. The second kappa shape index (κ2) is 5.31. The molecule has 1 fully saturated rings. The summed E-state index contributed by atoms with van der Waals surface area (Å²) in [4.78, 5) is 13.9. The zero-order valence-electron chi connectivity index (χ0n) is 11.3. The van der Waals surface area contributed by atoms with Gasteiger partial charge in [0.2, 0.25) is 5.91 Å². The molecule has 1 heterocycles. The van der Waals surface area contributed by atoms with E-state index in [1.165, 1.54) is 16.7 Å². The van der Waals surface area contributed by atoms with E-state index in [0.29, 0.717) is 13.0 Å². The minimum atomic E-state index is -0.0479. The number of hydrogen-bond donors (Lipinski definition) is 0. The number of anilines is 1. The zero-order chi connectivity index (χ0) is 13.3. The van der Waals surface area contributed by atoms with Gasteiger partial charge in [-0.15, -0.1) is 11.6 Å². The third-order valence-corrected chi connectivity index (χ3v) is 3.81. The Balaban J connectivity index is 2.51. The lowest BCUT2D eigenvalue weighted by atomic mass is 9.99. The van der Waals surface area contributed by atoms with Gasteiger partial charge in [0, 0.05) is 13.0 Å². The highest BCUT2D eigenvalue weighted by molar-refractivity contribution is 6.24.